The molecule has 1 spiro atoms. The number of nitrogens with one attached hydrogen (secondary N) is 2. The summed E-state index contributed by atoms with van der Waals surface area (Å²) >= 11 is 0. The molecule has 0 bridgehead atoms. The molecule has 2 N–H and O–H groups in total. The lowest BCUT2D eigenvalue weighted by Crippen LogP contribution is -2.45. The second kappa shape index (κ2) is 8.41. The Morgan fingerprint density at radius 1 is 0.861 bits per heavy atom. The van der Waals surface area contributed by atoms with Gasteiger partial charge in [-0.1, -0.05) is 60.7 Å². The maximum absolute atomic E-state index is 13.7. The number of hydrogen-bond acceptors (Lipinski definition) is 5. The standard InChI is InChI=1S/C28H25N3O5/c32-24(29-21-13-14-22-23(17-21)36-27(35-22)15-7-8-16-27)18-31-25(33)28(30-26(31)34,19-9-3-1-4-10-19)20-11-5-2-6-12-20/h1-6,9-14,17H,7-8,15-16,18H2,(H,29,32)(H,30,34). The fourth-order valence-corrected chi connectivity index (χ4v) is 5.29. The van der Waals surface area contributed by atoms with Crippen LogP contribution in [-0.2, 0) is 15.1 Å². The van der Waals surface area contributed by atoms with Crippen molar-refractivity contribution in [2.45, 2.75) is 37.0 Å². The molecule has 1 aliphatic carbocycles. The fraction of sp³-hybridized carbons (Fsp3) is 0.250. The Morgan fingerprint density at radius 3 is 2.11 bits per heavy atom. The van der Waals surface area contributed by atoms with Gasteiger partial charge in [0, 0.05) is 24.6 Å². The highest BCUT2D eigenvalue weighted by atomic mass is 16.7. The lowest BCUT2D eigenvalue weighted by molar-refractivity contribution is -0.133. The highest BCUT2D eigenvalue weighted by molar-refractivity contribution is 6.12. The normalized spacial score (nSPS) is 18.9. The van der Waals surface area contributed by atoms with E-state index in [1.165, 1.54) is 0 Å². The molecule has 8 heteroatoms. The summed E-state index contributed by atoms with van der Waals surface area (Å²) in [6.45, 7) is -0.426. The van der Waals surface area contributed by atoms with E-state index in [1.807, 2.05) is 36.4 Å². The van der Waals surface area contributed by atoms with Crippen LogP contribution < -0.4 is 20.1 Å². The van der Waals surface area contributed by atoms with Crippen LogP contribution in [0.4, 0.5) is 10.5 Å². The van der Waals surface area contributed by atoms with Gasteiger partial charge in [0.25, 0.3) is 11.7 Å². The molecule has 2 fully saturated rings. The fourth-order valence-electron chi connectivity index (χ4n) is 5.29. The van der Waals surface area contributed by atoms with E-state index in [4.69, 9.17) is 9.47 Å². The Balaban J connectivity index is 1.22. The zero-order chi connectivity index (χ0) is 24.8. The van der Waals surface area contributed by atoms with Crippen molar-refractivity contribution in [2.24, 2.45) is 0 Å². The van der Waals surface area contributed by atoms with Gasteiger partial charge in [-0.25, -0.2) is 4.79 Å². The number of rotatable bonds is 5. The summed E-state index contributed by atoms with van der Waals surface area (Å²) in [4.78, 5) is 40.6. The molecule has 36 heavy (non-hydrogen) atoms. The second-order valence-electron chi connectivity index (χ2n) is 9.34. The zero-order valence-electron chi connectivity index (χ0n) is 19.5. The number of urea groups is 1. The summed E-state index contributed by atoms with van der Waals surface area (Å²) in [6, 6.07) is 22.7. The van der Waals surface area contributed by atoms with E-state index in [-0.39, 0.29) is 0 Å². The van der Waals surface area contributed by atoms with Gasteiger partial charge in [-0.3, -0.25) is 14.5 Å². The minimum absolute atomic E-state index is 0.426. The molecule has 3 aromatic rings. The average Bonchev–Trinajstić information content (AvgIpc) is 3.57. The molecule has 1 saturated heterocycles. The van der Waals surface area contributed by atoms with Crippen LogP contribution in [-0.4, -0.2) is 35.1 Å². The lowest BCUT2D eigenvalue weighted by atomic mass is 9.82. The SMILES string of the molecule is O=C(CN1C(=O)NC(c2ccccc2)(c2ccccc2)C1=O)Nc1ccc2c(c1)OC1(CCCC1)O2. The van der Waals surface area contributed by atoms with Crippen molar-refractivity contribution in [1.29, 1.82) is 0 Å². The molecule has 2 aliphatic heterocycles. The van der Waals surface area contributed by atoms with E-state index in [0.29, 0.717) is 28.3 Å². The molecule has 4 amide bonds. The first-order chi connectivity index (χ1) is 17.5. The molecule has 1 saturated carbocycles. The summed E-state index contributed by atoms with van der Waals surface area (Å²) in [5.74, 6) is -0.362. The third-order valence-corrected chi connectivity index (χ3v) is 7.01. The third-order valence-electron chi connectivity index (χ3n) is 7.01. The first-order valence-corrected chi connectivity index (χ1v) is 12.1. The Labute approximate surface area is 208 Å². The van der Waals surface area contributed by atoms with Crippen molar-refractivity contribution < 1.29 is 23.9 Å². The van der Waals surface area contributed by atoms with Gasteiger partial charge in [-0.15, -0.1) is 0 Å². The van der Waals surface area contributed by atoms with Gasteiger partial charge in [0.1, 0.15) is 6.54 Å². The number of carbonyl (C=O) groups excluding carboxylic acids is 3. The number of imide groups is 1. The van der Waals surface area contributed by atoms with Gasteiger partial charge in [-0.2, -0.15) is 0 Å². The molecule has 0 radical (unpaired) electrons. The first-order valence-electron chi connectivity index (χ1n) is 12.1. The second-order valence-corrected chi connectivity index (χ2v) is 9.34. The minimum atomic E-state index is -1.41. The van der Waals surface area contributed by atoms with E-state index in [2.05, 4.69) is 10.6 Å². The number of ether oxygens (including phenoxy) is 2. The molecular formula is C28H25N3O5. The van der Waals surface area contributed by atoms with Crippen LogP contribution in [0.2, 0.25) is 0 Å². The predicted molar refractivity (Wildman–Crippen MR) is 131 cm³/mol. The highest BCUT2D eigenvalue weighted by Crippen LogP contribution is 2.47. The molecule has 0 atom stereocenters. The number of carbonyl (C=O) groups is 3. The topological polar surface area (TPSA) is 97.0 Å². The molecule has 3 aromatic carbocycles. The lowest BCUT2D eigenvalue weighted by Gasteiger charge is -2.28. The molecule has 6 rings (SSSR count). The Morgan fingerprint density at radius 2 is 1.47 bits per heavy atom. The van der Waals surface area contributed by atoms with E-state index < -0.39 is 35.7 Å². The van der Waals surface area contributed by atoms with Crippen LogP contribution in [0.1, 0.15) is 36.8 Å². The molecular weight excluding hydrogens is 458 g/mol. The summed E-state index contributed by atoms with van der Waals surface area (Å²) in [6.07, 6.45) is 3.77. The number of fused-ring (bicyclic) bond motifs is 1. The predicted octanol–water partition coefficient (Wildman–Crippen LogP) is 4.16. The average molecular weight is 484 g/mol. The van der Waals surface area contributed by atoms with Crippen LogP contribution >= 0.6 is 0 Å². The maximum atomic E-state index is 13.7. The smallest absolute Gasteiger partial charge is 0.326 e. The number of benzene rings is 3. The summed E-state index contributed by atoms with van der Waals surface area (Å²) in [5, 5.41) is 5.63. The monoisotopic (exact) mass is 483 g/mol. The number of nitrogens with zero attached hydrogens (tertiary/aromatic N) is 1. The van der Waals surface area contributed by atoms with Crippen molar-refractivity contribution in [1.82, 2.24) is 10.2 Å². The maximum Gasteiger partial charge on any atom is 0.326 e. The van der Waals surface area contributed by atoms with Crippen molar-refractivity contribution in [3.05, 3.63) is 90.0 Å². The van der Waals surface area contributed by atoms with E-state index in [9.17, 15) is 14.4 Å². The van der Waals surface area contributed by atoms with Gasteiger partial charge in [-0.05, 0) is 36.1 Å². The largest absolute Gasteiger partial charge is 0.448 e. The van der Waals surface area contributed by atoms with E-state index in [0.717, 1.165) is 30.6 Å². The Hall–Kier alpha value is -4.33. The zero-order valence-corrected chi connectivity index (χ0v) is 19.5. The Kier molecular flexibility index (Phi) is 5.17. The number of amides is 4. The molecule has 0 unspecified atom stereocenters. The van der Waals surface area contributed by atoms with Gasteiger partial charge in [0.05, 0.1) is 0 Å². The summed E-state index contributed by atoms with van der Waals surface area (Å²) < 4.78 is 12.1. The van der Waals surface area contributed by atoms with Gasteiger partial charge >= 0.3 is 6.03 Å². The van der Waals surface area contributed by atoms with E-state index >= 15 is 0 Å². The van der Waals surface area contributed by atoms with Crippen LogP contribution in [0.15, 0.2) is 78.9 Å². The summed E-state index contributed by atoms with van der Waals surface area (Å²) in [5.41, 5.74) is 0.332. The van der Waals surface area contributed by atoms with Gasteiger partial charge in [0.15, 0.2) is 17.0 Å². The van der Waals surface area contributed by atoms with Crippen LogP contribution in [0, 0.1) is 0 Å². The van der Waals surface area contributed by atoms with Crippen molar-refractivity contribution in [3.8, 4) is 11.5 Å². The van der Waals surface area contributed by atoms with Crippen LogP contribution in [0.5, 0.6) is 11.5 Å². The highest BCUT2D eigenvalue weighted by Gasteiger charge is 2.54. The van der Waals surface area contributed by atoms with E-state index in [1.54, 1.807) is 42.5 Å². The molecule has 2 heterocycles. The third kappa shape index (κ3) is 3.57. The quantitative estimate of drug-likeness (QED) is 0.531. The summed E-state index contributed by atoms with van der Waals surface area (Å²) in [7, 11) is 0. The molecule has 0 aromatic heterocycles. The van der Waals surface area contributed by atoms with Crippen LogP contribution in [0.25, 0.3) is 0 Å². The Bertz CT molecular complexity index is 1300. The van der Waals surface area contributed by atoms with Crippen molar-refractivity contribution in [2.75, 3.05) is 11.9 Å². The number of anilines is 1. The van der Waals surface area contributed by atoms with Crippen molar-refractivity contribution >= 4 is 23.5 Å². The molecule has 3 aliphatic rings. The van der Waals surface area contributed by atoms with Crippen molar-refractivity contribution in [3.63, 3.8) is 0 Å². The van der Waals surface area contributed by atoms with Crippen LogP contribution in [0.3, 0.4) is 0 Å². The van der Waals surface area contributed by atoms with Gasteiger partial charge in [0.2, 0.25) is 5.91 Å². The molecule has 182 valence electrons. The number of hydrogen-bond donors (Lipinski definition) is 2. The molecule has 8 nitrogen and oxygen atoms in total. The first kappa shape index (κ1) is 22.2. The van der Waals surface area contributed by atoms with Gasteiger partial charge < -0.3 is 20.1 Å². The minimum Gasteiger partial charge on any atom is -0.448 e.